The predicted molar refractivity (Wildman–Crippen MR) is 89.0 cm³/mol. The Morgan fingerprint density at radius 2 is 1.73 bits per heavy atom. The molecule has 0 aromatic heterocycles. The summed E-state index contributed by atoms with van der Waals surface area (Å²) < 4.78 is 0. The van der Waals surface area contributed by atoms with Gasteiger partial charge in [0.25, 0.3) is 5.91 Å². The molecule has 106 valence electrons. The fraction of sp³-hybridized carbons (Fsp3) is 0. The summed E-state index contributed by atoms with van der Waals surface area (Å²) in [5.74, 6) is -0.159. The Hall–Kier alpha value is -2.97. The van der Waals surface area contributed by atoms with Gasteiger partial charge in [-0.05, 0) is 24.3 Å². The van der Waals surface area contributed by atoms with E-state index in [9.17, 15) is 10.1 Å². The predicted octanol–water partition coefficient (Wildman–Crippen LogP) is 3.09. The number of nitriles is 1. The van der Waals surface area contributed by atoms with E-state index in [1.54, 1.807) is 24.3 Å². The number of carbonyl (C=O) groups excluding carboxylic acids is 1. The van der Waals surface area contributed by atoms with Crippen LogP contribution in [-0.4, -0.2) is 10.9 Å². The molecule has 0 spiro atoms. The maximum Gasteiger partial charge on any atom is 0.256 e. The molecule has 22 heavy (non-hydrogen) atoms. The van der Waals surface area contributed by atoms with Gasteiger partial charge in [0, 0.05) is 11.1 Å². The lowest BCUT2D eigenvalue weighted by Gasteiger charge is -2.14. The van der Waals surface area contributed by atoms with Crippen LogP contribution >= 0.6 is 12.2 Å². The fourth-order valence-corrected chi connectivity index (χ4v) is 2.55. The van der Waals surface area contributed by atoms with Gasteiger partial charge in [-0.3, -0.25) is 4.79 Å². The Morgan fingerprint density at radius 1 is 1.09 bits per heavy atom. The van der Waals surface area contributed by atoms with Crippen molar-refractivity contribution in [1.82, 2.24) is 5.32 Å². The molecule has 0 unspecified atom stereocenters. The van der Waals surface area contributed by atoms with Crippen LogP contribution in [0.4, 0.5) is 5.69 Å². The zero-order valence-electron chi connectivity index (χ0n) is 11.5. The number of hydrogen-bond acceptors (Lipinski definition) is 3. The highest BCUT2D eigenvalue weighted by atomic mass is 32.1. The van der Waals surface area contributed by atoms with Crippen LogP contribution in [0.2, 0.25) is 0 Å². The molecule has 0 saturated carbocycles. The lowest BCUT2D eigenvalue weighted by atomic mass is 10.1. The van der Waals surface area contributed by atoms with Gasteiger partial charge < -0.3 is 5.32 Å². The van der Waals surface area contributed by atoms with Gasteiger partial charge in [0.2, 0.25) is 0 Å². The number of para-hydroxylation sites is 1. The van der Waals surface area contributed by atoms with Crippen molar-refractivity contribution in [2.24, 2.45) is 0 Å². The molecule has 2 aromatic rings. The standard InChI is InChI=1S/C17H11N3OS/c18-11-20(12-6-2-1-3-7-12)16(22)10-15-13-8-4-5-9-14(13)17(21)19-15/h1-10H,(H,19,21)/b15-10-. The van der Waals surface area contributed by atoms with Crippen molar-refractivity contribution in [3.63, 3.8) is 0 Å². The molecule has 0 aliphatic carbocycles. The summed E-state index contributed by atoms with van der Waals surface area (Å²) >= 11 is 5.34. The number of benzene rings is 2. The van der Waals surface area contributed by atoms with Crippen molar-refractivity contribution in [3.05, 3.63) is 71.8 Å². The number of nitrogens with one attached hydrogen (secondary N) is 1. The van der Waals surface area contributed by atoms with E-state index >= 15 is 0 Å². The van der Waals surface area contributed by atoms with Gasteiger partial charge in [-0.2, -0.15) is 5.26 Å². The molecule has 5 heteroatoms. The Bertz CT molecular complexity index is 821. The summed E-state index contributed by atoms with van der Waals surface area (Å²) in [6, 6.07) is 16.4. The first-order chi connectivity index (χ1) is 10.7. The number of fused-ring (bicyclic) bond motifs is 1. The van der Waals surface area contributed by atoms with Gasteiger partial charge in [-0.1, -0.05) is 48.6 Å². The summed E-state index contributed by atoms with van der Waals surface area (Å²) in [5.41, 5.74) is 2.70. The van der Waals surface area contributed by atoms with Crippen molar-refractivity contribution in [3.8, 4) is 6.19 Å². The summed E-state index contributed by atoms with van der Waals surface area (Å²) in [6.45, 7) is 0. The third kappa shape index (κ3) is 2.48. The van der Waals surface area contributed by atoms with E-state index in [1.165, 1.54) is 4.90 Å². The van der Waals surface area contributed by atoms with E-state index in [0.717, 1.165) is 5.56 Å². The van der Waals surface area contributed by atoms with Crippen molar-refractivity contribution < 1.29 is 4.79 Å². The van der Waals surface area contributed by atoms with Crippen LogP contribution in [-0.2, 0) is 0 Å². The quantitative estimate of drug-likeness (QED) is 0.401. The first kappa shape index (κ1) is 14.0. The minimum absolute atomic E-state index is 0.159. The second-order valence-electron chi connectivity index (χ2n) is 4.67. The smallest absolute Gasteiger partial charge is 0.256 e. The third-order valence-corrected chi connectivity index (χ3v) is 3.61. The number of thiocarbonyl (C=S) groups is 1. The van der Waals surface area contributed by atoms with Crippen molar-refractivity contribution >= 4 is 34.5 Å². The van der Waals surface area contributed by atoms with Crippen molar-refractivity contribution in [2.75, 3.05) is 4.90 Å². The van der Waals surface area contributed by atoms with E-state index in [2.05, 4.69) is 11.5 Å². The van der Waals surface area contributed by atoms with Gasteiger partial charge in [0.05, 0.1) is 11.4 Å². The molecule has 1 N–H and O–H groups in total. The summed E-state index contributed by atoms with van der Waals surface area (Å²) in [4.78, 5) is 13.6. The van der Waals surface area contributed by atoms with Gasteiger partial charge in [0.1, 0.15) is 4.99 Å². The van der Waals surface area contributed by atoms with Crippen molar-refractivity contribution in [1.29, 1.82) is 5.26 Å². The summed E-state index contributed by atoms with van der Waals surface area (Å²) in [6.07, 6.45) is 3.70. The van der Waals surface area contributed by atoms with Crippen LogP contribution in [0.1, 0.15) is 15.9 Å². The maximum atomic E-state index is 11.9. The molecular weight excluding hydrogens is 294 g/mol. The van der Waals surface area contributed by atoms with Gasteiger partial charge in [0.15, 0.2) is 6.19 Å². The van der Waals surface area contributed by atoms with E-state index in [1.807, 2.05) is 36.4 Å². The van der Waals surface area contributed by atoms with E-state index in [4.69, 9.17) is 12.2 Å². The topological polar surface area (TPSA) is 56.1 Å². The van der Waals surface area contributed by atoms with Crippen LogP contribution in [0, 0.1) is 11.5 Å². The van der Waals surface area contributed by atoms with Crippen molar-refractivity contribution in [2.45, 2.75) is 0 Å². The lowest BCUT2D eigenvalue weighted by Crippen LogP contribution is -2.23. The first-order valence-corrected chi connectivity index (χ1v) is 7.03. The van der Waals surface area contributed by atoms with Gasteiger partial charge >= 0.3 is 0 Å². The zero-order chi connectivity index (χ0) is 15.5. The van der Waals surface area contributed by atoms with Crippen LogP contribution in [0.3, 0.4) is 0 Å². The average Bonchev–Trinajstić information content (AvgIpc) is 2.86. The Balaban J connectivity index is 1.95. The largest absolute Gasteiger partial charge is 0.321 e. The second-order valence-corrected chi connectivity index (χ2v) is 5.09. The molecule has 3 rings (SSSR count). The third-order valence-electron chi connectivity index (χ3n) is 3.31. The Labute approximate surface area is 133 Å². The molecule has 0 atom stereocenters. The number of rotatable bonds is 2. The molecule has 0 radical (unpaired) electrons. The SMILES string of the molecule is N#CN(C(=S)/C=C1\NC(=O)c2ccccc21)c1ccccc1. The minimum atomic E-state index is -0.159. The molecule has 0 fully saturated rings. The number of nitrogens with zero attached hydrogens (tertiary/aromatic N) is 2. The summed E-state index contributed by atoms with van der Waals surface area (Å²) in [7, 11) is 0. The first-order valence-electron chi connectivity index (χ1n) is 6.62. The Morgan fingerprint density at radius 3 is 2.41 bits per heavy atom. The van der Waals surface area contributed by atoms with Gasteiger partial charge in [-0.15, -0.1) is 0 Å². The molecule has 1 amide bonds. The molecule has 4 nitrogen and oxygen atoms in total. The fourth-order valence-electron chi connectivity index (χ4n) is 2.29. The minimum Gasteiger partial charge on any atom is -0.321 e. The molecule has 1 heterocycles. The van der Waals surface area contributed by atoms with Crippen LogP contribution in [0.5, 0.6) is 0 Å². The number of hydrogen-bond donors (Lipinski definition) is 1. The normalized spacial score (nSPS) is 14.1. The Kier molecular flexibility index (Phi) is 3.69. The average molecular weight is 305 g/mol. The molecule has 0 bridgehead atoms. The van der Waals surface area contributed by atoms with E-state index < -0.39 is 0 Å². The second kappa shape index (κ2) is 5.80. The number of anilines is 1. The number of carbonyl (C=O) groups is 1. The monoisotopic (exact) mass is 305 g/mol. The zero-order valence-corrected chi connectivity index (χ0v) is 12.3. The lowest BCUT2D eigenvalue weighted by molar-refractivity contribution is 0.0981. The molecule has 2 aromatic carbocycles. The van der Waals surface area contributed by atoms with Gasteiger partial charge in [-0.25, -0.2) is 4.90 Å². The van der Waals surface area contributed by atoms with E-state index in [0.29, 0.717) is 21.9 Å². The highest BCUT2D eigenvalue weighted by molar-refractivity contribution is 7.81. The molecule has 1 aliphatic rings. The molecule has 0 saturated heterocycles. The van der Waals surface area contributed by atoms with E-state index in [-0.39, 0.29) is 5.91 Å². The van der Waals surface area contributed by atoms with Crippen LogP contribution < -0.4 is 10.2 Å². The maximum absolute atomic E-state index is 11.9. The van der Waals surface area contributed by atoms with Crippen LogP contribution in [0.25, 0.3) is 5.70 Å². The number of amides is 1. The summed E-state index contributed by atoms with van der Waals surface area (Å²) in [5, 5.41) is 12.1. The highest BCUT2D eigenvalue weighted by Crippen LogP contribution is 2.24. The van der Waals surface area contributed by atoms with Crippen LogP contribution in [0.15, 0.2) is 60.7 Å². The highest BCUT2D eigenvalue weighted by Gasteiger charge is 2.23. The molecular formula is C17H11N3OS. The molecule has 1 aliphatic heterocycles.